The summed E-state index contributed by atoms with van der Waals surface area (Å²) >= 11 is 0. The molecule has 1 atom stereocenters. The molecule has 0 rings (SSSR count). The summed E-state index contributed by atoms with van der Waals surface area (Å²) in [4.78, 5) is 0. The van der Waals surface area contributed by atoms with E-state index in [2.05, 4.69) is 34.6 Å². The highest BCUT2D eigenvalue weighted by molar-refractivity contribution is 4.47. The second-order valence-corrected chi connectivity index (χ2v) is 3.36. The average molecular weight is 218 g/mol. The van der Waals surface area contributed by atoms with E-state index < -0.39 is 0 Å². The van der Waals surface area contributed by atoms with E-state index in [1.54, 1.807) is 0 Å². The zero-order chi connectivity index (χ0) is 13.1. The maximum atomic E-state index is 2.33. The lowest BCUT2D eigenvalue weighted by atomic mass is 10.0. The van der Waals surface area contributed by atoms with Crippen LogP contribution in [0, 0.1) is 5.92 Å². The van der Waals surface area contributed by atoms with Crippen molar-refractivity contribution in [3.8, 4) is 0 Å². The van der Waals surface area contributed by atoms with Gasteiger partial charge in [0.1, 0.15) is 0 Å². The molecule has 0 heteroatoms. The predicted octanol–water partition coefficient (Wildman–Crippen LogP) is 6.69. The predicted molar refractivity (Wildman–Crippen MR) is 77.6 cm³/mol. The van der Waals surface area contributed by atoms with Gasteiger partial charge in [0, 0.05) is 0 Å². The van der Waals surface area contributed by atoms with Crippen molar-refractivity contribution < 1.29 is 0 Å². The minimum Gasteiger partial charge on any atom is -0.0683 e. The number of hydrogen-bond acceptors (Lipinski definition) is 0. The van der Waals surface area contributed by atoms with Crippen molar-refractivity contribution in [1.82, 2.24) is 0 Å². The second-order valence-electron chi connectivity index (χ2n) is 3.36. The Morgan fingerprint density at radius 3 is 1.33 bits per heavy atom. The monoisotopic (exact) mass is 218 g/mol. The summed E-state index contributed by atoms with van der Waals surface area (Å²) in [7, 11) is 0. The lowest BCUT2D eigenvalue weighted by Crippen LogP contribution is -1.89. The minimum absolute atomic E-state index is 0.954. The van der Waals surface area contributed by atoms with Gasteiger partial charge < -0.3 is 0 Å². The molecule has 0 bridgehead atoms. The van der Waals surface area contributed by atoms with E-state index in [9.17, 15) is 0 Å². The highest BCUT2D eigenvalue weighted by Crippen LogP contribution is 2.09. The molecule has 0 nitrogen and oxygen atoms in total. The van der Waals surface area contributed by atoms with E-state index in [0.29, 0.717) is 0 Å². The Kier molecular flexibility index (Phi) is 59.9. The van der Waals surface area contributed by atoms with Crippen LogP contribution in [0.4, 0.5) is 0 Å². The average Bonchev–Trinajstić information content (AvgIpc) is 2.32. The highest BCUT2D eigenvalue weighted by atomic mass is 14.0. The molecular weight excluding hydrogens is 180 g/mol. The molecule has 98 valence electrons. The van der Waals surface area contributed by atoms with Crippen molar-refractivity contribution in [2.45, 2.75) is 94.4 Å². The molecule has 0 aromatic heterocycles. The minimum atomic E-state index is 0.954. The first kappa shape index (κ1) is 24.3. The lowest BCUT2D eigenvalue weighted by Gasteiger charge is -2.04. The van der Waals surface area contributed by atoms with Crippen LogP contribution in [-0.4, -0.2) is 0 Å². The normalized spacial score (nSPS) is 9.40. The molecule has 0 radical (unpaired) electrons. The molecule has 0 heterocycles. The molecule has 0 N–H and O–H groups in total. The van der Waals surface area contributed by atoms with Gasteiger partial charge in [0.2, 0.25) is 0 Å². The van der Waals surface area contributed by atoms with Crippen molar-refractivity contribution in [2.75, 3.05) is 0 Å². The van der Waals surface area contributed by atoms with Gasteiger partial charge in [0.15, 0.2) is 0 Å². The van der Waals surface area contributed by atoms with Crippen LogP contribution >= 0.6 is 0 Å². The van der Waals surface area contributed by atoms with Crippen LogP contribution in [0.1, 0.15) is 94.4 Å². The third-order valence-electron chi connectivity index (χ3n) is 1.75. The van der Waals surface area contributed by atoms with Gasteiger partial charge in [-0.15, -0.1) is 0 Å². The first-order valence-corrected chi connectivity index (χ1v) is 7.22. The van der Waals surface area contributed by atoms with Crippen LogP contribution in [0.25, 0.3) is 0 Å². The molecule has 0 saturated carbocycles. The molecule has 0 aromatic carbocycles. The van der Waals surface area contributed by atoms with Crippen LogP contribution in [0.2, 0.25) is 0 Å². The fourth-order valence-electron chi connectivity index (χ4n) is 0.757. The van der Waals surface area contributed by atoms with Crippen LogP contribution in [0.5, 0.6) is 0 Å². The Morgan fingerprint density at radius 2 is 1.13 bits per heavy atom. The van der Waals surface area contributed by atoms with Crippen LogP contribution in [0.3, 0.4) is 0 Å². The molecule has 0 fully saturated rings. The van der Waals surface area contributed by atoms with Gasteiger partial charge in [-0.25, -0.2) is 0 Å². The van der Waals surface area contributed by atoms with Crippen molar-refractivity contribution in [3.63, 3.8) is 0 Å². The first-order valence-electron chi connectivity index (χ1n) is 7.22. The third-order valence-corrected chi connectivity index (χ3v) is 1.75. The molecule has 1 unspecified atom stereocenters. The summed E-state index contributed by atoms with van der Waals surface area (Å²) in [5.74, 6) is 0.954. The molecule has 0 aromatic rings. The highest BCUT2D eigenvalue weighted by Gasteiger charge is 1.94. The van der Waals surface area contributed by atoms with Crippen molar-refractivity contribution in [3.05, 3.63) is 0 Å². The molecule has 0 aliphatic rings. The Labute approximate surface area is 101 Å². The third kappa shape index (κ3) is 56.0. The van der Waals surface area contributed by atoms with Gasteiger partial charge in [-0.05, 0) is 5.92 Å². The lowest BCUT2D eigenvalue weighted by molar-refractivity contribution is 0.492. The molecule has 0 saturated heterocycles. The molecule has 15 heavy (non-hydrogen) atoms. The molecular formula is C15H38. The van der Waals surface area contributed by atoms with Gasteiger partial charge in [-0.1, -0.05) is 94.4 Å². The van der Waals surface area contributed by atoms with E-state index in [4.69, 9.17) is 0 Å². The number of hydrogen-bond donors (Lipinski definition) is 0. The molecule has 0 aliphatic carbocycles. The fraction of sp³-hybridized carbons (Fsp3) is 1.00. The Balaban J connectivity index is -0.0000000726. The number of rotatable bonds is 4. The van der Waals surface area contributed by atoms with Gasteiger partial charge in [-0.2, -0.15) is 0 Å². The van der Waals surface area contributed by atoms with E-state index in [0.717, 1.165) is 5.92 Å². The summed E-state index contributed by atoms with van der Waals surface area (Å²) in [5.41, 5.74) is 0. The Bertz CT molecular complexity index is 48.0. The van der Waals surface area contributed by atoms with Gasteiger partial charge >= 0.3 is 0 Å². The van der Waals surface area contributed by atoms with Crippen LogP contribution < -0.4 is 0 Å². The summed E-state index contributed by atoms with van der Waals surface area (Å²) in [6.45, 7) is 19.1. The largest absolute Gasteiger partial charge is 0.0683 e. The van der Waals surface area contributed by atoms with Gasteiger partial charge in [0.25, 0.3) is 0 Å². The van der Waals surface area contributed by atoms with E-state index >= 15 is 0 Å². The van der Waals surface area contributed by atoms with E-state index in [1.807, 2.05) is 27.7 Å². The van der Waals surface area contributed by atoms with Gasteiger partial charge in [-0.3, -0.25) is 0 Å². The Hall–Kier alpha value is 0. The summed E-state index contributed by atoms with van der Waals surface area (Å²) in [6, 6.07) is 0. The summed E-state index contributed by atoms with van der Waals surface area (Å²) in [5, 5.41) is 0. The standard InChI is InChI=1S/C8H18.C3H8.2C2H6/c1-4-6-7-8(3)5-2;1-3-2;2*1-2/h8H,4-7H2,1-3H3;3H2,1-2H3;2*1-2H3. The molecule has 0 amide bonds. The summed E-state index contributed by atoms with van der Waals surface area (Å²) in [6.07, 6.45) is 6.78. The van der Waals surface area contributed by atoms with E-state index in [-0.39, 0.29) is 0 Å². The quantitative estimate of drug-likeness (QED) is 0.493. The molecule has 0 spiro atoms. The first-order chi connectivity index (χ1) is 7.22. The number of unbranched alkanes of at least 4 members (excludes halogenated alkanes) is 1. The molecule has 0 aliphatic heterocycles. The van der Waals surface area contributed by atoms with Gasteiger partial charge in [0.05, 0.1) is 0 Å². The summed E-state index contributed by atoms with van der Waals surface area (Å²) < 4.78 is 0. The van der Waals surface area contributed by atoms with Crippen molar-refractivity contribution >= 4 is 0 Å². The fourth-order valence-corrected chi connectivity index (χ4v) is 0.757. The zero-order valence-electron chi connectivity index (χ0n) is 13.1. The topological polar surface area (TPSA) is 0 Å². The zero-order valence-corrected chi connectivity index (χ0v) is 13.1. The Morgan fingerprint density at radius 1 is 0.800 bits per heavy atom. The van der Waals surface area contributed by atoms with Crippen molar-refractivity contribution in [1.29, 1.82) is 0 Å². The maximum Gasteiger partial charge on any atom is -0.0445 e. The van der Waals surface area contributed by atoms with Crippen LogP contribution in [0.15, 0.2) is 0 Å². The van der Waals surface area contributed by atoms with E-state index in [1.165, 1.54) is 32.1 Å². The SMILES string of the molecule is CC.CC.CCC.CCCCC(C)CC. The van der Waals surface area contributed by atoms with Crippen molar-refractivity contribution in [2.24, 2.45) is 5.92 Å². The van der Waals surface area contributed by atoms with Crippen LogP contribution in [-0.2, 0) is 0 Å². The second kappa shape index (κ2) is 37.0. The maximum absolute atomic E-state index is 2.33. The smallest absolute Gasteiger partial charge is 0.0445 e.